The molecule has 0 heterocycles. The van der Waals surface area contributed by atoms with Crippen molar-refractivity contribution in [1.82, 2.24) is 0 Å². The van der Waals surface area contributed by atoms with E-state index in [1.165, 1.54) is 37.3 Å². The fraction of sp³-hybridized carbons (Fsp3) is 0.324. The molecule has 39 heavy (non-hydrogen) atoms. The van der Waals surface area contributed by atoms with E-state index in [9.17, 15) is 8.78 Å². The molecule has 0 fully saturated rings. The monoisotopic (exact) mass is 529 g/mol. The summed E-state index contributed by atoms with van der Waals surface area (Å²) in [5.74, 6) is -1.19. The van der Waals surface area contributed by atoms with Gasteiger partial charge >= 0.3 is 0 Å². The maximum absolute atomic E-state index is 15.2. The lowest BCUT2D eigenvalue weighted by Gasteiger charge is -2.10. The summed E-state index contributed by atoms with van der Waals surface area (Å²) >= 11 is 0. The standard InChI is InChI=1S/C34H34F3NO/c1-2-3-4-5-6-19-39-29-16-10-24(11-17-29)7-8-25-12-18-30-28(20-25)15-14-27(34(30)37)13-9-26-21-32(35)31(23-38)33(36)22-26/h10-12,14-18,20-22H,2-9,13,19H2,1H3. The highest BCUT2D eigenvalue weighted by Crippen LogP contribution is 2.25. The molecule has 5 heteroatoms. The van der Waals surface area contributed by atoms with Crippen LogP contribution in [0, 0.1) is 28.8 Å². The summed E-state index contributed by atoms with van der Waals surface area (Å²) in [7, 11) is 0. The molecule has 0 aliphatic rings. The van der Waals surface area contributed by atoms with E-state index in [-0.39, 0.29) is 12.2 Å². The van der Waals surface area contributed by atoms with Gasteiger partial charge in [-0.05, 0) is 84.0 Å². The third-order valence-corrected chi connectivity index (χ3v) is 7.14. The molecule has 4 aromatic carbocycles. The fourth-order valence-corrected chi connectivity index (χ4v) is 4.83. The van der Waals surface area contributed by atoms with Gasteiger partial charge in [-0.2, -0.15) is 5.26 Å². The number of hydrogen-bond acceptors (Lipinski definition) is 2. The van der Waals surface area contributed by atoms with E-state index in [0.717, 1.165) is 54.7 Å². The van der Waals surface area contributed by atoms with Crippen molar-refractivity contribution in [3.63, 3.8) is 0 Å². The number of fused-ring (bicyclic) bond motifs is 1. The molecular weight excluding hydrogens is 495 g/mol. The number of aryl methyl sites for hydroxylation is 4. The Labute approximate surface area is 229 Å². The van der Waals surface area contributed by atoms with Gasteiger partial charge in [-0.15, -0.1) is 0 Å². The molecule has 0 saturated heterocycles. The second-order valence-electron chi connectivity index (χ2n) is 10.0. The van der Waals surface area contributed by atoms with Crippen LogP contribution < -0.4 is 4.74 Å². The van der Waals surface area contributed by atoms with Crippen LogP contribution in [0.3, 0.4) is 0 Å². The second kappa shape index (κ2) is 13.8. The summed E-state index contributed by atoms with van der Waals surface area (Å²) in [5, 5.41) is 10.2. The first-order valence-corrected chi connectivity index (χ1v) is 13.8. The summed E-state index contributed by atoms with van der Waals surface area (Å²) in [5.41, 5.74) is 2.64. The Morgan fingerprint density at radius 3 is 2.08 bits per heavy atom. The number of rotatable bonds is 13. The molecule has 0 saturated carbocycles. The molecule has 0 aromatic heterocycles. The van der Waals surface area contributed by atoms with E-state index in [0.29, 0.717) is 22.9 Å². The highest BCUT2D eigenvalue weighted by atomic mass is 19.1. The molecule has 0 atom stereocenters. The van der Waals surface area contributed by atoms with Gasteiger partial charge in [-0.1, -0.05) is 75.1 Å². The summed E-state index contributed by atoms with van der Waals surface area (Å²) in [6.45, 7) is 2.97. The molecule has 0 aliphatic carbocycles. The average Bonchev–Trinajstić information content (AvgIpc) is 2.94. The first-order valence-electron chi connectivity index (χ1n) is 13.8. The minimum Gasteiger partial charge on any atom is -0.494 e. The maximum atomic E-state index is 15.2. The Morgan fingerprint density at radius 2 is 1.36 bits per heavy atom. The summed E-state index contributed by atoms with van der Waals surface area (Å²) in [6.07, 6.45) is 8.38. The minimum absolute atomic E-state index is 0.267. The topological polar surface area (TPSA) is 33.0 Å². The quantitative estimate of drug-likeness (QED) is 0.162. The lowest BCUT2D eigenvalue weighted by Crippen LogP contribution is -1.99. The normalized spacial score (nSPS) is 11.1. The third-order valence-electron chi connectivity index (χ3n) is 7.14. The number of nitriles is 1. The van der Waals surface area contributed by atoms with E-state index < -0.39 is 17.2 Å². The fourth-order valence-electron chi connectivity index (χ4n) is 4.83. The molecule has 0 amide bonds. The molecule has 0 aliphatic heterocycles. The Morgan fingerprint density at radius 1 is 0.692 bits per heavy atom. The first-order chi connectivity index (χ1) is 19.0. The molecule has 2 nitrogen and oxygen atoms in total. The molecule has 0 radical (unpaired) electrons. The van der Waals surface area contributed by atoms with Crippen molar-refractivity contribution in [2.75, 3.05) is 6.61 Å². The number of nitrogens with zero attached hydrogens (tertiary/aromatic N) is 1. The van der Waals surface area contributed by atoms with Crippen LogP contribution in [0.4, 0.5) is 13.2 Å². The van der Waals surface area contributed by atoms with E-state index in [1.54, 1.807) is 6.07 Å². The zero-order chi connectivity index (χ0) is 27.6. The molecular formula is C34H34F3NO. The second-order valence-corrected chi connectivity index (χ2v) is 10.0. The third kappa shape index (κ3) is 7.63. The van der Waals surface area contributed by atoms with Gasteiger partial charge in [0.15, 0.2) is 0 Å². The molecule has 0 spiro atoms. The summed E-state index contributed by atoms with van der Waals surface area (Å²) < 4.78 is 48.9. The molecule has 0 N–H and O–H groups in total. The lowest BCUT2D eigenvalue weighted by molar-refractivity contribution is 0.304. The van der Waals surface area contributed by atoms with E-state index in [4.69, 9.17) is 10.00 Å². The number of benzene rings is 4. The van der Waals surface area contributed by atoms with Gasteiger partial charge in [0.25, 0.3) is 0 Å². The van der Waals surface area contributed by atoms with E-state index in [2.05, 4.69) is 19.1 Å². The predicted molar refractivity (Wildman–Crippen MR) is 150 cm³/mol. The van der Waals surface area contributed by atoms with Crippen LogP contribution in [0.2, 0.25) is 0 Å². The van der Waals surface area contributed by atoms with Crippen molar-refractivity contribution in [3.8, 4) is 11.8 Å². The van der Waals surface area contributed by atoms with E-state index >= 15 is 4.39 Å². The number of halogens is 3. The van der Waals surface area contributed by atoms with Crippen molar-refractivity contribution in [1.29, 1.82) is 5.26 Å². The molecule has 4 aromatic rings. The first kappa shape index (κ1) is 28.2. The van der Waals surface area contributed by atoms with Crippen molar-refractivity contribution in [3.05, 3.63) is 112 Å². The summed E-state index contributed by atoms with van der Waals surface area (Å²) in [4.78, 5) is 0. The van der Waals surface area contributed by atoms with Gasteiger partial charge < -0.3 is 4.74 Å². The maximum Gasteiger partial charge on any atom is 0.144 e. The largest absolute Gasteiger partial charge is 0.494 e. The van der Waals surface area contributed by atoms with Crippen molar-refractivity contribution in [2.24, 2.45) is 0 Å². The average molecular weight is 530 g/mol. The van der Waals surface area contributed by atoms with E-state index in [1.807, 2.05) is 36.4 Å². The Bertz CT molecular complexity index is 1420. The molecule has 4 rings (SSSR count). The van der Waals surface area contributed by atoms with Crippen LogP contribution in [0.25, 0.3) is 10.8 Å². The van der Waals surface area contributed by atoms with Crippen LogP contribution in [0.5, 0.6) is 5.75 Å². The van der Waals surface area contributed by atoms with Gasteiger partial charge in [0.2, 0.25) is 0 Å². The highest BCUT2D eigenvalue weighted by Gasteiger charge is 2.13. The minimum atomic E-state index is -0.892. The lowest BCUT2D eigenvalue weighted by atomic mass is 9.97. The SMILES string of the molecule is CCCCCCCOc1ccc(CCc2ccc3c(F)c(CCc4cc(F)c(C#N)c(F)c4)ccc3c2)cc1. The van der Waals surface area contributed by atoms with Crippen LogP contribution in [-0.4, -0.2) is 6.61 Å². The highest BCUT2D eigenvalue weighted by molar-refractivity contribution is 5.84. The molecule has 202 valence electrons. The van der Waals surface area contributed by atoms with Crippen LogP contribution >= 0.6 is 0 Å². The Hall–Kier alpha value is -3.78. The van der Waals surface area contributed by atoms with Gasteiger partial charge in [-0.25, -0.2) is 13.2 Å². The van der Waals surface area contributed by atoms with Crippen molar-refractivity contribution < 1.29 is 17.9 Å². The van der Waals surface area contributed by atoms with Gasteiger partial charge in [0.1, 0.15) is 34.8 Å². The van der Waals surface area contributed by atoms with Crippen LogP contribution in [-0.2, 0) is 25.7 Å². The zero-order valence-corrected chi connectivity index (χ0v) is 22.4. The number of hydrogen-bond donors (Lipinski definition) is 0. The van der Waals surface area contributed by atoms with Gasteiger partial charge in [0.05, 0.1) is 6.61 Å². The van der Waals surface area contributed by atoms with Gasteiger partial charge in [0, 0.05) is 5.39 Å². The van der Waals surface area contributed by atoms with Crippen molar-refractivity contribution >= 4 is 10.8 Å². The smallest absolute Gasteiger partial charge is 0.144 e. The zero-order valence-electron chi connectivity index (χ0n) is 22.4. The van der Waals surface area contributed by atoms with Crippen LogP contribution in [0.15, 0.2) is 66.7 Å². The number of unbranched alkanes of at least 4 members (excludes halogenated alkanes) is 4. The Kier molecular flexibility index (Phi) is 10.0. The predicted octanol–water partition coefficient (Wildman–Crippen LogP) is 9.05. The van der Waals surface area contributed by atoms with Gasteiger partial charge in [-0.3, -0.25) is 0 Å². The number of ether oxygens (including phenoxy) is 1. The summed E-state index contributed by atoms with van der Waals surface area (Å²) in [6, 6.07) is 21.5. The van der Waals surface area contributed by atoms with Crippen LogP contribution in [0.1, 0.15) is 66.8 Å². The Balaban J connectivity index is 1.32. The van der Waals surface area contributed by atoms with Crippen molar-refractivity contribution in [2.45, 2.75) is 64.7 Å². The molecule has 0 unspecified atom stereocenters. The molecule has 0 bridgehead atoms.